The first kappa shape index (κ1) is 25.7. The SMILES string of the molecule is C=N/C=C(\C=C(/C)NC(=O)CC(C)C)c1ccc2[nH]nc(-c3cc4c(-c5ccc(F)cc5)nccc4[nH]3)c2n1. The van der Waals surface area contributed by atoms with Crippen molar-refractivity contribution < 1.29 is 9.18 Å². The molecule has 4 aromatic heterocycles. The summed E-state index contributed by atoms with van der Waals surface area (Å²) in [5, 5.41) is 11.4. The average molecular weight is 522 g/mol. The minimum atomic E-state index is -0.298. The fourth-order valence-electron chi connectivity index (χ4n) is 4.45. The van der Waals surface area contributed by atoms with Crippen LogP contribution < -0.4 is 5.32 Å². The number of carbonyl (C=O) groups is 1. The van der Waals surface area contributed by atoms with Gasteiger partial charge in [-0.15, -0.1) is 0 Å². The largest absolute Gasteiger partial charge is 0.353 e. The van der Waals surface area contributed by atoms with Gasteiger partial charge in [-0.1, -0.05) is 13.8 Å². The molecule has 0 aliphatic heterocycles. The van der Waals surface area contributed by atoms with Crippen LogP contribution in [0, 0.1) is 11.7 Å². The van der Waals surface area contributed by atoms with E-state index in [1.165, 1.54) is 12.1 Å². The summed E-state index contributed by atoms with van der Waals surface area (Å²) in [5.74, 6) is -0.0782. The predicted molar refractivity (Wildman–Crippen MR) is 153 cm³/mol. The zero-order valence-corrected chi connectivity index (χ0v) is 21.9. The lowest BCUT2D eigenvalue weighted by Crippen LogP contribution is -2.22. The van der Waals surface area contributed by atoms with Gasteiger partial charge in [-0.3, -0.25) is 19.9 Å². The van der Waals surface area contributed by atoms with Gasteiger partial charge in [0.15, 0.2) is 0 Å². The summed E-state index contributed by atoms with van der Waals surface area (Å²) >= 11 is 0. The highest BCUT2D eigenvalue weighted by Crippen LogP contribution is 2.33. The Morgan fingerprint density at radius 3 is 2.67 bits per heavy atom. The lowest BCUT2D eigenvalue weighted by molar-refractivity contribution is -0.121. The number of hydrogen-bond acceptors (Lipinski definition) is 5. The molecule has 1 amide bonds. The van der Waals surface area contributed by atoms with Gasteiger partial charge in [0.2, 0.25) is 5.91 Å². The van der Waals surface area contributed by atoms with Crippen LogP contribution in [0.4, 0.5) is 4.39 Å². The number of hydrogen-bond donors (Lipinski definition) is 3. The summed E-state index contributed by atoms with van der Waals surface area (Å²) in [4.78, 5) is 29.0. The molecule has 1 aromatic carbocycles. The van der Waals surface area contributed by atoms with Crippen molar-refractivity contribution >= 4 is 40.1 Å². The molecule has 0 fully saturated rings. The number of carbonyl (C=O) groups excluding carboxylic acids is 1. The van der Waals surface area contributed by atoms with Gasteiger partial charge in [0.1, 0.15) is 17.0 Å². The first-order valence-corrected chi connectivity index (χ1v) is 12.6. The van der Waals surface area contributed by atoms with Gasteiger partial charge in [-0.2, -0.15) is 5.10 Å². The van der Waals surface area contributed by atoms with Crippen molar-refractivity contribution in [3.63, 3.8) is 0 Å². The maximum atomic E-state index is 13.5. The van der Waals surface area contributed by atoms with Crippen LogP contribution in [-0.2, 0) is 4.79 Å². The molecule has 196 valence electrons. The highest BCUT2D eigenvalue weighted by atomic mass is 19.1. The van der Waals surface area contributed by atoms with Gasteiger partial charge in [-0.25, -0.2) is 9.37 Å². The molecule has 8 nitrogen and oxygen atoms in total. The Kier molecular flexibility index (Phi) is 7.14. The third-order valence-electron chi connectivity index (χ3n) is 6.16. The van der Waals surface area contributed by atoms with Crippen molar-refractivity contribution in [1.82, 2.24) is 30.5 Å². The average Bonchev–Trinajstić information content (AvgIpc) is 3.52. The van der Waals surface area contributed by atoms with E-state index in [4.69, 9.17) is 4.98 Å². The second-order valence-corrected chi connectivity index (χ2v) is 9.72. The first-order chi connectivity index (χ1) is 18.8. The van der Waals surface area contributed by atoms with E-state index in [2.05, 4.69) is 37.2 Å². The molecule has 4 heterocycles. The molecular weight excluding hydrogens is 493 g/mol. The third-order valence-corrected chi connectivity index (χ3v) is 6.16. The van der Waals surface area contributed by atoms with Gasteiger partial charge in [0, 0.05) is 46.6 Å². The number of allylic oxidation sites excluding steroid dienone is 3. The van der Waals surface area contributed by atoms with Gasteiger partial charge in [0.25, 0.3) is 0 Å². The summed E-state index contributed by atoms with van der Waals surface area (Å²) in [5.41, 5.74) is 7.30. The number of H-pyrrole nitrogens is 2. The summed E-state index contributed by atoms with van der Waals surface area (Å²) in [7, 11) is 0. The van der Waals surface area contributed by atoms with Crippen LogP contribution in [0.25, 0.3) is 50.2 Å². The van der Waals surface area contributed by atoms with Crippen molar-refractivity contribution in [2.75, 3.05) is 0 Å². The standard InChI is InChI=1S/C30H28FN7O/c1-17(2)13-27(39)34-18(3)14-20(16-32-4)23-9-10-25-29(36-23)30(38-37-25)26-15-22-24(35-26)11-12-33-28(22)19-5-7-21(31)8-6-19/h5-12,14-17,35H,4,13H2,1-3H3,(H,34,39)(H,37,38)/b18-14+,20-16+. The molecule has 0 unspecified atom stereocenters. The molecule has 9 heteroatoms. The molecule has 5 aromatic rings. The number of aromatic amines is 2. The van der Waals surface area contributed by atoms with E-state index in [0.717, 1.165) is 33.4 Å². The second-order valence-electron chi connectivity index (χ2n) is 9.72. The van der Waals surface area contributed by atoms with Gasteiger partial charge in [0.05, 0.1) is 22.6 Å². The summed E-state index contributed by atoms with van der Waals surface area (Å²) < 4.78 is 13.5. The zero-order chi connectivity index (χ0) is 27.5. The van der Waals surface area contributed by atoms with E-state index in [1.807, 2.05) is 51.1 Å². The molecule has 0 atom stereocenters. The normalized spacial score (nSPS) is 12.4. The lowest BCUT2D eigenvalue weighted by atomic mass is 10.1. The quantitative estimate of drug-likeness (QED) is 0.162. The van der Waals surface area contributed by atoms with Crippen LogP contribution in [-0.4, -0.2) is 37.8 Å². The van der Waals surface area contributed by atoms with E-state index in [0.29, 0.717) is 34.6 Å². The highest BCUT2D eigenvalue weighted by Gasteiger charge is 2.16. The fraction of sp³-hybridized carbons (Fsp3) is 0.167. The summed E-state index contributed by atoms with van der Waals surface area (Å²) in [6, 6.07) is 13.9. The smallest absolute Gasteiger partial charge is 0.224 e. The Morgan fingerprint density at radius 1 is 1.13 bits per heavy atom. The maximum Gasteiger partial charge on any atom is 0.224 e. The summed E-state index contributed by atoms with van der Waals surface area (Å²) in [6.07, 6.45) is 5.59. The molecule has 39 heavy (non-hydrogen) atoms. The molecule has 0 bridgehead atoms. The van der Waals surface area contributed by atoms with Crippen LogP contribution in [0.1, 0.15) is 32.9 Å². The van der Waals surface area contributed by atoms with Crippen LogP contribution in [0.2, 0.25) is 0 Å². The minimum Gasteiger partial charge on any atom is -0.353 e. The number of amides is 1. The first-order valence-electron chi connectivity index (χ1n) is 12.6. The highest BCUT2D eigenvalue weighted by molar-refractivity contribution is 5.99. The topological polar surface area (TPSA) is 112 Å². The third kappa shape index (κ3) is 5.52. The number of nitrogens with zero attached hydrogens (tertiary/aromatic N) is 4. The van der Waals surface area contributed by atoms with Crippen LogP contribution >= 0.6 is 0 Å². The van der Waals surface area contributed by atoms with E-state index in [-0.39, 0.29) is 17.6 Å². The maximum absolute atomic E-state index is 13.5. The number of pyridine rings is 2. The zero-order valence-electron chi connectivity index (χ0n) is 21.9. The Bertz CT molecular complexity index is 1740. The minimum absolute atomic E-state index is 0.0431. The van der Waals surface area contributed by atoms with Gasteiger partial charge < -0.3 is 10.3 Å². The number of aliphatic imine (C=N–C) groups is 1. The number of rotatable bonds is 8. The Balaban J connectivity index is 1.53. The predicted octanol–water partition coefficient (Wildman–Crippen LogP) is 6.41. The molecule has 0 radical (unpaired) electrons. The van der Waals surface area contributed by atoms with Crippen LogP contribution in [0.15, 0.2) is 77.7 Å². The Morgan fingerprint density at radius 2 is 1.92 bits per heavy atom. The Hall–Kier alpha value is -4.92. The molecule has 0 aliphatic carbocycles. The Labute approximate surface area is 224 Å². The molecule has 0 spiro atoms. The van der Waals surface area contributed by atoms with E-state index < -0.39 is 0 Å². The molecule has 0 saturated heterocycles. The van der Waals surface area contributed by atoms with Gasteiger partial charge in [-0.05, 0) is 74.2 Å². The fourth-order valence-corrected chi connectivity index (χ4v) is 4.45. The van der Waals surface area contributed by atoms with E-state index in [9.17, 15) is 9.18 Å². The number of fused-ring (bicyclic) bond motifs is 2. The summed E-state index contributed by atoms with van der Waals surface area (Å²) in [6.45, 7) is 9.42. The number of halogens is 1. The molecule has 5 rings (SSSR count). The van der Waals surface area contributed by atoms with Crippen LogP contribution in [0.3, 0.4) is 0 Å². The number of benzene rings is 1. The van der Waals surface area contributed by atoms with Crippen molar-refractivity contribution in [3.8, 4) is 22.6 Å². The monoisotopic (exact) mass is 521 g/mol. The molecular formula is C30H28FN7O. The number of nitrogens with one attached hydrogen (secondary N) is 3. The van der Waals surface area contributed by atoms with Gasteiger partial charge >= 0.3 is 0 Å². The van der Waals surface area contributed by atoms with Crippen molar-refractivity contribution in [1.29, 1.82) is 0 Å². The molecule has 0 aliphatic rings. The van der Waals surface area contributed by atoms with Crippen molar-refractivity contribution in [2.45, 2.75) is 27.2 Å². The van der Waals surface area contributed by atoms with Crippen molar-refractivity contribution in [3.05, 3.63) is 84.2 Å². The second kappa shape index (κ2) is 10.8. The lowest BCUT2D eigenvalue weighted by Gasteiger charge is -2.09. The van der Waals surface area contributed by atoms with E-state index >= 15 is 0 Å². The van der Waals surface area contributed by atoms with Crippen LogP contribution in [0.5, 0.6) is 0 Å². The molecule has 3 N–H and O–H groups in total. The number of aromatic nitrogens is 5. The van der Waals surface area contributed by atoms with E-state index in [1.54, 1.807) is 24.5 Å². The molecule has 0 saturated carbocycles. The van der Waals surface area contributed by atoms with Crippen molar-refractivity contribution in [2.24, 2.45) is 10.9 Å².